The van der Waals surface area contributed by atoms with Crippen molar-refractivity contribution in [2.45, 2.75) is 0 Å². The van der Waals surface area contributed by atoms with Crippen molar-refractivity contribution in [1.29, 1.82) is 0 Å². The number of nitrogens with two attached hydrogens (primary N) is 1. The van der Waals surface area contributed by atoms with Crippen LogP contribution in [0.5, 0.6) is 0 Å². The first-order valence-electron chi connectivity index (χ1n) is 6.00. The molecule has 3 aromatic rings. The lowest BCUT2D eigenvalue weighted by atomic mass is 10.3. The molecule has 0 radical (unpaired) electrons. The fourth-order valence-corrected chi connectivity index (χ4v) is 1.52. The lowest BCUT2D eigenvalue weighted by molar-refractivity contribution is 0.1000. The maximum atomic E-state index is 10.4. The van der Waals surface area contributed by atoms with Crippen LogP contribution in [-0.4, -0.2) is 20.4 Å². The fourth-order valence-electron chi connectivity index (χ4n) is 1.52. The summed E-state index contributed by atoms with van der Waals surface area (Å²) >= 11 is 0. The molecule has 100 valence electrons. The molecule has 20 heavy (non-hydrogen) atoms. The topological polar surface area (TPSA) is 73.8 Å². The van der Waals surface area contributed by atoms with Gasteiger partial charge in [-0.05, 0) is 24.3 Å². The molecule has 2 aromatic heterocycles. The predicted molar refractivity (Wildman–Crippen MR) is 76.3 cm³/mol. The van der Waals surface area contributed by atoms with Gasteiger partial charge in [-0.15, -0.1) is 0 Å². The van der Waals surface area contributed by atoms with Gasteiger partial charge in [0, 0.05) is 30.5 Å². The van der Waals surface area contributed by atoms with Gasteiger partial charge in [0.25, 0.3) is 0 Å². The fraction of sp³-hybridized carbons (Fsp3) is 0. The third-order valence-corrected chi connectivity index (χ3v) is 2.50. The number of amides is 1. The van der Waals surface area contributed by atoms with Crippen LogP contribution in [0, 0.1) is 0 Å². The molecule has 1 aromatic carbocycles. The highest BCUT2D eigenvalue weighted by Gasteiger charge is 1.95. The highest BCUT2D eigenvalue weighted by atomic mass is 16.1. The second kappa shape index (κ2) is 6.84. The number of imidazole rings is 1. The van der Waals surface area contributed by atoms with Crippen LogP contribution in [-0.2, 0) is 0 Å². The molecular formula is C15H14N4O. The third kappa shape index (κ3) is 3.78. The number of para-hydroxylation sites is 1. The van der Waals surface area contributed by atoms with Crippen LogP contribution >= 0.6 is 0 Å². The van der Waals surface area contributed by atoms with E-state index in [9.17, 15) is 4.79 Å². The molecule has 0 saturated carbocycles. The first-order valence-corrected chi connectivity index (χ1v) is 6.00. The summed E-state index contributed by atoms with van der Waals surface area (Å²) in [5.41, 5.74) is 6.52. The van der Waals surface area contributed by atoms with Crippen LogP contribution in [0.1, 0.15) is 10.4 Å². The van der Waals surface area contributed by atoms with Crippen molar-refractivity contribution in [3.05, 3.63) is 79.1 Å². The Bertz CT molecular complexity index is 636. The number of primary amides is 1. The standard InChI is InChI=1S/C9H8N2.C6H6N2O/c1-2-4-9(5-3-1)11-7-6-10-8-11;7-6(9)5-2-1-3-8-4-5/h1-8H;1-4H,(H2,7,9). The van der Waals surface area contributed by atoms with Crippen molar-refractivity contribution < 1.29 is 4.79 Å². The first kappa shape index (κ1) is 13.5. The van der Waals surface area contributed by atoms with Gasteiger partial charge in [0.15, 0.2) is 0 Å². The molecular weight excluding hydrogens is 252 g/mol. The summed E-state index contributed by atoms with van der Waals surface area (Å²) in [5.74, 6) is -0.442. The maximum Gasteiger partial charge on any atom is 0.250 e. The maximum absolute atomic E-state index is 10.4. The number of nitrogens with zero attached hydrogens (tertiary/aromatic N) is 3. The second-order valence-corrected chi connectivity index (χ2v) is 3.91. The Morgan fingerprint density at radius 3 is 2.30 bits per heavy atom. The summed E-state index contributed by atoms with van der Waals surface area (Å²) in [7, 11) is 0. The first-order chi connectivity index (χ1) is 9.77. The number of carbonyl (C=O) groups excluding carboxylic acids is 1. The van der Waals surface area contributed by atoms with Gasteiger partial charge in [-0.1, -0.05) is 18.2 Å². The molecule has 2 N–H and O–H groups in total. The number of aromatic nitrogens is 3. The Balaban J connectivity index is 0.000000151. The Hall–Kier alpha value is -2.95. The zero-order valence-electron chi connectivity index (χ0n) is 10.8. The molecule has 5 nitrogen and oxygen atoms in total. The lowest BCUT2D eigenvalue weighted by Gasteiger charge is -1.98. The van der Waals surface area contributed by atoms with E-state index in [1.54, 1.807) is 30.9 Å². The highest BCUT2D eigenvalue weighted by Crippen LogP contribution is 2.04. The number of hydrogen-bond acceptors (Lipinski definition) is 3. The predicted octanol–water partition coefficient (Wildman–Crippen LogP) is 2.05. The van der Waals surface area contributed by atoms with Crippen molar-refractivity contribution in [3.8, 4) is 5.69 Å². The van der Waals surface area contributed by atoms with E-state index < -0.39 is 5.91 Å². The minimum absolute atomic E-state index is 0.442. The van der Waals surface area contributed by atoms with Gasteiger partial charge >= 0.3 is 0 Å². The van der Waals surface area contributed by atoms with Crippen LogP contribution in [0.4, 0.5) is 0 Å². The molecule has 0 fully saturated rings. The molecule has 0 unspecified atom stereocenters. The third-order valence-electron chi connectivity index (χ3n) is 2.50. The van der Waals surface area contributed by atoms with Gasteiger partial charge in [-0.25, -0.2) is 4.98 Å². The summed E-state index contributed by atoms with van der Waals surface area (Å²) in [5, 5.41) is 0. The molecule has 0 aliphatic carbocycles. The molecule has 0 bridgehead atoms. The van der Waals surface area contributed by atoms with E-state index in [0.717, 1.165) is 5.69 Å². The van der Waals surface area contributed by atoms with Crippen LogP contribution in [0.2, 0.25) is 0 Å². The summed E-state index contributed by atoms with van der Waals surface area (Å²) in [6.07, 6.45) is 8.51. The molecule has 0 saturated heterocycles. The summed E-state index contributed by atoms with van der Waals surface area (Å²) in [6, 6.07) is 13.4. The monoisotopic (exact) mass is 266 g/mol. The average molecular weight is 266 g/mol. The Morgan fingerprint density at radius 2 is 1.80 bits per heavy atom. The van der Waals surface area contributed by atoms with E-state index in [1.165, 1.54) is 6.20 Å². The normalized spacial score (nSPS) is 9.40. The van der Waals surface area contributed by atoms with Gasteiger partial charge < -0.3 is 10.3 Å². The molecule has 0 aliphatic heterocycles. The largest absolute Gasteiger partial charge is 0.366 e. The van der Waals surface area contributed by atoms with Crippen LogP contribution in [0.25, 0.3) is 5.69 Å². The Kier molecular flexibility index (Phi) is 4.61. The van der Waals surface area contributed by atoms with E-state index >= 15 is 0 Å². The van der Waals surface area contributed by atoms with Crippen molar-refractivity contribution in [2.75, 3.05) is 0 Å². The van der Waals surface area contributed by atoms with Crippen LogP contribution in [0.15, 0.2) is 73.6 Å². The van der Waals surface area contributed by atoms with Crippen molar-refractivity contribution >= 4 is 5.91 Å². The van der Waals surface area contributed by atoms with Gasteiger partial charge in [-0.3, -0.25) is 9.78 Å². The molecule has 0 spiro atoms. The van der Waals surface area contributed by atoms with Crippen LogP contribution in [0.3, 0.4) is 0 Å². The SMILES string of the molecule is NC(=O)c1cccnc1.c1ccc(-n2ccnc2)cc1. The highest BCUT2D eigenvalue weighted by molar-refractivity contribution is 5.92. The van der Waals surface area contributed by atoms with E-state index in [1.807, 2.05) is 41.1 Å². The number of benzene rings is 1. The molecule has 5 heteroatoms. The quantitative estimate of drug-likeness (QED) is 0.771. The molecule has 3 rings (SSSR count). The van der Waals surface area contributed by atoms with Gasteiger partial charge in [0.2, 0.25) is 5.91 Å². The van der Waals surface area contributed by atoms with Crippen LogP contribution < -0.4 is 5.73 Å². The van der Waals surface area contributed by atoms with E-state index in [-0.39, 0.29) is 0 Å². The lowest BCUT2D eigenvalue weighted by Crippen LogP contribution is -2.10. The second-order valence-electron chi connectivity index (χ2n) is 3.91. The number of hydrogen-bond donors (Lipinski definition) is 1. The minimum atomic E-state index is -0.442. The average Bonchev–Trinajstić information content (AvgIpc) is 3.04. The van der Waals surface area contributed by atoms with E-state index in [4.69, 9.17) is 5.73 Å². The Morgan fingerprint density at radius 1 is 1.00 bits per heavy atom. The van der Waals surface area contributed by atoms with Crippen molar-refractivity contribution in [2.24, 2.45) is 5.73 Å². The molecule has 2 heterocycles. The van der Waals surface area contributed by atoms with E-state index in [2.05, 4.69) is 9.97 Å². The molecule has 0 aliphatic rings. The smallest absolute Gasteiger partial charge is 0.250 e. The summed E-state index contributed by atoms with van der Waals surface area (Å²) in [6.45, 7) is 0. The van der Waals surface area contributed by atoms with Crippen molar-refractivity contribution in [1.82, 2.24) is 14.5 Å². The zero-order valence-corrected chi connectivity index (χ0v) is 10.8. The number of carbonyl (C=O) groups is 1. The zero-order chi connectivity index (χ0) is 14.2. The van der Waals surface area contributed by atoms with Gasteiger partial charge in [0.05, 0.1) is 11.9 Å². The van der Waals surface area contributed by atoms with Gasteiger partial charge in [-0.2, -0.15) is 0 Å². The van der Waals surface area contributed by atoms with Crippen molar-refractivity contribution in [3.63, 3.8) is 0 Å². The minimum Gasteiger partial charge on any atom is -0.366 e. The number of pyridine rings is 1. The molecule has 1 amide bonds. The summed E-state index contributed by atoms with van der Waals surface area (Å²) in [4.78, 5) is 18.0. The Labute approximate surface area is 116 Å². The molecule has 0 atom stereocenters. The summed E-state index contributed by atoms with van der Waals surface area (Å²) < 4.78 is 1.97. The van der Waals surface area contributed by atoms with Gasteiger partial charge in [0.1, 0.15) is 0 Å². The number of rotatable bonds is 2. The van der Waals surface area contributed by atoms with E-state index in [0.29, 0.717) is 5.56 Å².